The maximum absolute atomic E-state index is 12.6. The fourth-order valence-electron chi connectivity index (χ4n) is 2.38. The first-order valence-electron chi connectivity index (χ1n) is 6.75. The molecule has 1 aromatic heterocycles. The molecule has 0 radical (unpaired) electrons. The Balaban J connectivity index is 2.24. The van der Waals surface area contributed by atoms with E-state index in [4.69, 9.17) is 13.9 Å². The van der Waals surface area contributed by atoms with E-state index in [0.29, 0.717) is 17.1 Å². The second kappa shape index (κ2) is 5.57. The molecule has 6 heteroatoms. The number of ether oxygens (including phenoxy) is 2. The topological polar surface area (TPSA) is 89.1 Å². The smallest absolute Gasteiger partial charge is 0.204 e. The molecule has 2 N–H and O–H groups in total. The maximum Gasteiger partial charge on any atom is 0.204 e. The van der Waals surface area contributed by atoms with Crippen LogP contribution >= 0.6 is 0 Å². The highest BCUT2D eigenvalue weighted by Crippen LogP contribution is 2.33. The molecule has 0 aliphatic carbocycles. The molecule has 0 aliphatic heterocycles. The highest BCUT2D eigenvalue weighted by Gasteiger charge is 2.15. The summed E-state index contributed by atoms with van der Waals surface area (Å²) in [6.45, 7) is 0. The third-order valence-corrected chi connectivity index (χ3v) is 3.56. The Morgan fingerprint density at radius 2 is 1.78 bits per heavy atom. The number of phenolic OH excluding ortho intramolecular Hbond substituents is 2. The fraction of sp³-hybridized carbons (Fsp3) is 0.118. The molecule has 0 fully saturated rings. The predicted molar refractivity (Wildman–Crippen MR) is 84.4 cm³/mol. The Labute approximate surface area is 131 Å². The van der Waals surface area contributed by atoms with E-state index in [0.717, 1.165) is 0 Å². The van der Waals surface area contributed by atoms with Crippen molar-refractivity contribution >= 4 is 11.0 Å². The first-order chi connectivity index (χ1) is 11.0. The first kappa shape index (κ1) is 14.8. The van der Waals surface area contributed by atoms with Crippen molar-refractivity contribution in [2.24, 2.45) is 0 Å². The van der Waals surface area contributed by atoms with Crippen LogP contribution in [0.1, 0.15) is 0 Å². The summed E-state index contributed by atoms with van der Waals surface area (Å²) in [5.41, 5.74) is 0.481. The lowest BCUT2D eigenvalue weighted by Crippen LogP contribution is -2.05. The van der Waals surface area contributed by atoms with Gasteiger partial charge < -0.3 is 24.1 Å². The minimum atomic E-state index is -0.407. The summed E-state index contributed by atoms with van der Waals surface area (Å²) in [7, 11) is 2.89. The number of aromatic hydroxyl groups is 2. The minimum Gasteiger partial charge on any atom is -0.507 e. The van der Waals surface area contributed by atoms with Crippen molar-refractivity contribution < 1.29 is 24.1 Å². The van der Waals surface area contributed by atoms with Crippen LogP contribution in [0.25, 0.3) is 22.1 Å². The van der Waals surface area contributed by atoms with Gasteiger partial charge in [-0.05, 0) is 17.7 Å². The molecule has 6 nitrogen and oxygen atoms in total. The van der Waals surface area contributed by atoms with Crippen LogP contribution in [-0.2, 0) is 0 Å². The van der Waals surface area contributed by atoms with Crippen LogP contribution in [0.15, 0.2) is 45.8 Å². The van der Waals surface area contributed by atoms with Gasteiger partial charge in [-0.2, -0.15) is 0 Å². The largest absolute Gasteiger partial charge is 0.507 e. The third-order valence-electron chi connectivity index (χ3n) is 3.56. The number of phenols is 2. The SMILES string of the molecule is COc1cc(O)c2c(=O)c(-c3ccc(OC)c(O)c3)coc2c1. The van der Waals surface area contributed by atoms with Gasteiger partial charge in [0.1, 0.15) is 28.7 Å². The maximum atomic E-state index is 12.6. The highest BCUT2D eigenvalue weighted by molar-refractivity contribution is 5.88. The predicted octanol–water partition coefficient (Wildman–Crippen LogP) is 2.89. The van der Waals surface area contributed by atoms with Gasteiger partial charge in [0.05, 0.1) is 19.8 Å². The van der Waals surface area contributed by atoms with Crippen LogP contribution in [0.4, 0.5) is 0 Å². The zero-order valence-corrected chi connectivity index (χ0v) is 12.5. The van der Waals surface area contributed by atoms with Crippen LogP contribution in [0.5, 0.6) is 23.0 Å². The van der Waals surface area contributed by atoms with Crippen molar-refractivity contribution in [3.8, 4) is 34.1 Å². The van der Waals surface area contributed by atoms with E-state index < -0.39 is 5.43 Å². The third kappa shape index (κ3) is 2.44. The van der Waals surface area contributed by atoms with Gasteiger partial charge in [-0.25, -0.2) is 0 Å². The van der Waals surface area contributed by atoms with Gasteiger partial charge >= 0.3 is 0 Å². The molecule has 1 heterocycles. The van der Waals surface area contributed by atoms with Gasteiger partial charge in [0.25, 0.3) is 0 Å². The number of hydrogen-bond donors (Lipinski definition) is 2. The molecular weight excluding hydrogens is 300 g/mol. The molecule has 0 unspecified atom stereocenters. The molecule has 0 amide bonds. The van der Waals surface area contributed by atoms with Crippen LogP contribution in [0.2, 0.25) is 0 Å². The van der Waals surface area contributed by atoms with E-state index in [9.17, 15) is 15.0 Å². The van der Waals surface area contributed by atoms with Crippen molar-refractivity contribution in [2.75, 3.05) is 14.2 Å². The van der Waals surface area contributed by atoms with Crippen molar-refractivity contribution in [2.45, 2.75) is 0 Å². The molecule has 3 rings (SSSR count). The number of rotatable bonds is 3. The average molecular weight is 314 g/mol. The minimum absolute atomic E-state index is 0.0543. The van der Waals surface area contributed by atoms with Crippen molar-refractivity contribution in [1.82, 2.24) is 0 Å². The van der Waals surface area contributed by atoms with Crippen LogP contribution in [-0.4, -0.2) is 24.4 Å². The number of hydrogen-bond acceptors (Lipinski definition) is 6. The number of methoxy groups -OCH3 is 2. The molecule has 0 bridgehead atoms. The Morgan fingerprint density at radius 3 is 2.43 bits per heavy atom. The molecule has 2 aromatic carbocycles. The first-order valence-corrected chi connectivity index (χ1v) is 6.75. The summed E-state index contributed by atoms with van der Waals surface area (Å²) >= 11 is 0. The van der Waals surface area contributed by atoms with Gasteiger partial charge in [0.15, 0.2) is 11.5 Å². The number of fused-ring (bicyclic) bond motifs is 1. The molecule has 23 heavy (non-hydrogen) atoms. The second-order valence-electron chi connectivity index (χ2n) is 4.88. The lowest BCUT2D eigenvalue weighted by atomic mass is 10.0. The fourth-order valence-corrected chi connectivity index (χ4v) is 2.38. The summed E-state index contributed by atoms with van der Waals surface area (Å²) in [4.78, 5) is 12.6. The molecule has 118 valence electrons. The van der Waals surface area contributed by atoms with E-state index in [2.05, 4.69) is 0 Å². The van der Waals surface area contributed by atoms with Crippen LogP contribution in [0, 0.1) is 0 Å². The summed E-state index contributed by atoms with van der Waals surface area (Å²) in [6.07, 6.45) is 1.28. The van der Waals surface area contributed by atoms with Gasteiger partial charge in [0, 0.05) is 12.1 Å². The van der Waals surface area contributed by atoms with Crippen molar-refractivity contribution in [3.63, 3.8) is 0 Å². The van der Waals surface area contributed by atoms with E-state index in [-0.39, 0.29) is 28.0 Å². The van der Waals surface area contributed by atoms with Gasteiger partial charge in [-0.15, -0.1) is 0 Å². The van der Waals surface area contributed by atoms with E-state index in [1.165, 1.54) is 38.7 Å². The second-order valence-corrected chi connectivity index (χ2v) is 4.88. The quantitative estimate of drug-likeness (QED) is 0.772. The molecular formula is C17H14O6. The van der Waals surface area contributed by atoms with Gasteiger partial charge in [0.2, 0.25) is 5.43 Å². The Bertz CT molecular complexity index is 942. The zero-order valence-electron chi connectivity index (χ0n) is 12.5. The van der Waals surface area contributed by atoms with Crippen molar-refractivity contribution in [1.29, 1.82) is 0 Å². The van der Waals surface area contributed by atoms with Crippen LogP contribution < -0.4 is 14.9 Å². The molecule has 0 spiro atoms. The normalized spacial score (nSPS) is 10.7. The zero-order chi connectivity index (χ0) is 16.6. The standard InChI is InChI=1S/C17H14O6/c1-21-10-6-13(19)16-15(7-10)23-8-11(17(16)20)9-3-4-14(22-2)12(18)5-9/h3-8,18-19H,1-2H3. The Morgan fingerprint density at radius 1 is 1.00 bits per heavy atom. The van der Waals surface area contributed by atoms with Gasteiger partial charge in [-0.3, -0.25) is 4.79 Å². The Kier molecular flexibility index (Phi) is 3.57. The van der Waals surface area contributed by atoms with Crippen molar-refractivity contribution in [3.05, 3.63) is 46.8 Å². The van der Waals surface area contributed by atoms with E-state index in [1.807, 2.05) is 0 Å². The summed E-state index contributed by atoms with van der Waals surface area (Å²) in [6, 6.07) is 7.43. The summed E-state index contributed by atoms with van der Waals surface area (Å²) in [5, 5.41) is 20.0. The molecule has 3 aromatic rings. The monoisotopic (exact) mass is 314 g/mol. The highest BCUT2D eigenvalue weighted by atomic mass is 16.5. The number of benzene rings is 2. The van der Waals surface area contributed by atoms with E-state index >= 15 is 0 Å². The lowest BCUT2D eigenvalue weighted by molar-refractivity contribution is 0.373. The Hall–Kier alpha value is -3.15. The molecule has 0 saturated heterocycles. The average Bonchev–Trinajstić information content (AvgIpc) is 2.54. The molecule has 0 aliphatic rings. The molecule has 0 saturated carbocycles. The van der Waals surface area contributed by atoms with Gasteiger partial charge in [-0.1, -0.05) is 6.07 Å². The summed E-state index contributed by atoms with van der Waals surface area (Å²) < 4.78 is 15.5. The van der Waals surface area contributed by atoms with Crippen LogP contribution in [0.3, 0.4) is 0 Å². The summed E-state index contributed by atoms with van der Waals surface area (Å²) in [5.74, 6) is 0.357. The molecule has 0 atom stereocenters. The van der Waals surface area contributed by atoms with E-state index in [1.54, 1.807) is 12.1 Å². The lowest BCUT2D eigenvalue weighted by Gasteiger charge is -2.08.